The van der Waals surface area contributed by atoms with Gasteiger partial charge in [0.2, 0.25) is 0 Å². The Hall–Kier alpha value is -3.31. The van der Waals surface area contributed by atoms with Crippen molar-refractivity contribution in [1.29, 1.82) is 0 Å². The minimum absolute atomic E-state index is 0.254. The molecule has 6 heteroatoms. The maximum Gasteiger partial charge on any atom is 0.274 e. The lowest BCUT2D eigenvalue weighted by Gasteiger charge is -2.12. The highest BCUT2D eigenvalue weighted by Gasteiger charge is 2.19. The maximum atomic E-state index is 13.1. The van der Waals surface area contributed by atoms with E-state index in [1.165, 1.54) is 0 Å². The summed E-state index contributed by atoms with van der Waals surface area (Å²) in [6.07, 6.45) is 2.38. The molecule has 0 bridgehead atoms. The fraction of sp³-hybridized carbons (Fsp3) is 0.0909. The quantitative estimate of drug-likeness (QED) is 0.482. The van der Waals surface area contributed by atoms with E-state index in [-0.39, 0.29) is 5.91 Å². The number of carbonyl (C=O) groups is 1. The number of rotatable bonds is 5. The Bertz CT molecular complexity index is 1140. The van der Waals surface area contributed by atoms with Gasteiger partial charge in [-0.1, -0.05) is 48.9 Å². The summed E-state index contributed by atoms with van der Waals surface area (Å²) in [5, 5.41) is 3.53. The van der Waals surface area contributed by atoms with Crippen molar-refractivity contribution in [3.8, 4) is 11.5 Å². The zero-order valence-corrected chi connectivity index (χ0v) is 16.0. The van der Waals surface area contributed by atoms with E-state index >= 15 is 0 Å². The number of nitrogens with one attached hydrogen (secondary N) is 1. The summed E-state index contributed by atoms with van der Waals surface area (Å²) in [5.41, 5.74) is 2.43. The second-order valence-electron chi connectivity index (χ2n) is 6.20. The number of para-hydroxylation sites is 3. The van der Waals surface area contributed by atoms with E-state index in [4.69, 9.17) is 16.3 Å². The number of halogens is 1. The molecule has 0 aliphatic heterocycles. The lowest BCUT2D eigenvalue weighted by molar-refractivity contribution is 0.102. The number of benzene rings is 2. The molecule has 2 heterocycles. The number of anilines is 1. The summed E-state index contributed by atoms with van der Waals surface area (Å²) in [7, 11) is 0. The first-order valence-electron chi connectivity index (χ1n) is 8.95. The van der Waals surface area contributed by atoms with Gasteiger partial charge in [0.25, 0.3) is 5.91 Å². The van der Waals surface area contributed by atoms with Gasteiger partial charge in [0.1, 0.15) is 17.1 Å². The van der Waals surface area contributed by atoms with Crippen LogP contribution in [-0.2, 0) is 6.42 Å². The zero-order valence-electron chi connectivity index (χ0n) is 15.2. The van der Waals surface area contributed by atoms with E-state index in [0.717, 1.165) is 0 Å². The van der Waals surface area contributed by atoms with Crippen LogP contribution in [0.1, 0.15) is 23.1 Å². The highest BCUT2D eigenvalue weighted by Crippen LogP contribution is 2.30. The molecule has 28 heavy (non-hydrogen) atoms. The molecule has 4 rings (SSSR count). The van der Waals surface area contributed by atoms with Crippen molar-refractivity contribution in [1.82, 2.24) is 9.38 Å². The second-order valence-corrected chi connectivity index (χ2v) is 6.64. The first kappa shape index (κ1) is 18.1. The van der Waals surface area contributed by atoms with E-state index in [1.54, 1.807) is 22.7 Å². The normalized spacial score (nSPS) is 10.8. The molecule has 0 atom stereocenters. The predicted octanol–water partition coefficient (Wildman–Crippen LogP) is 5.59. The summed E-state index contributed by atoms with van der Waals surface area (Å²) in [6, 6.07) is 20.3. The Morgan fingerprint density at radius 2 is 1.86 bits per heavy atom. The number of hydrogen-bond acceptors (Lipinski definition) is 3. The molecule has 4 aromatic rings. The number of aryl methyl sites for hydroxylation is 1. The molecule has 5 nitrogen and oxygen atoms in total. The van der Waals surface area contributed by atoms with Gasteiger partial charge in [0, 0.05) is 17.3 Å². The first-order chi connectivity index (χ1) is 13.7. The Kier molecular flexibility index (Phi) is 5.00. The number of hydrogen-bond donors (Lipinski definition) is 1. The van der Waals surface area contributed by atoms with E-state index in [0.29, 0.717) is 45.7 Å². The summed E-state index contributed by atoms with van der Waals surface area (Å²) >= 11 is 6.06. The third-order valence-electron chi connectivity index (χ3n) is 4.32. The fourth-order valence-corrected chi connectivity index (χ4v) is 3.17. The van der Waals surface area contributed by atoms with Crippen LogP contribution < -0.4 is 10.1 Å². The molecule has 1 N–H and O–H groups in total. The summed E-state index contributed by atoms with van der Waals surface area (Å²) in [6.45, 7) is 1.96. The highest BCUT2D eigenvalue weighted by molar-refractivity contribution is 6.30. The largest absolute Gasteiger partial charge is 0.455 e. The number of fused-ring (bicyclic) bond motifs is 1. The van der Waals surface area contributed by atoms with Crippen molar-refractivity contribution in [3.05, 3.63) is 89.3 Å². The number of imidazole rings is 1. The Morgan fingerprint density at radius 3 is 2.64 bits per heavy atom. The number of carbonyl (C=O) groups excluding carboxylic acids is 1. The topological polar surface area (TPSA) is 55.6 Å². The van der Waals surface area contributed by atoms with Crippen LogP contribution in [0.2, 0.25) is 5.02 Å². The van der Waals surface area contributed by atoms with Gasteiger partial charge in [-0.3, -0.25) is 9.20 Å². The number of amides is 1. The number of aromatic nitrogens is 2. The molecule has 140 valence electrons. The second kappa shape index (κ2) is 7.74. The molecule has 0 spiro atoms. The third-order valence-corrected chi connectivity index (χ3v) is 4.55. The summed E-state index contributed by atoms with van der Waals surface area (Å²) in [5.74, 6) is 1.01. The van der Waals surface area contributed by atoms with E-state index in [2.05, 4.69) is 10.3 Å². The maximum absolute atomic E-state index is 13.1. The molecule has 0 saturated carbocycles. The van der Waals surface area contributed by atoms with Crippen LogP contribution in [0.15, 0.2) is 72.9 Å². The predicted molar refractivity (Wildman–Crippen MR) is 110 cm³/mol. The fourth-order valence-electron chi connectivity index (χ4n) is 3.01. The summed E-state index contributed by atoms with van der Waals surface area (Å²) in [4.78, 5) is 17.6. The minimum atomic E-state index is -0.254. The van der Waals surface area contributed by atoms with Gasteiger partial charge < -0.3 is 10.1 Å². The van der Waals surface area contributed by atoms with Crippen LogP contribution in [0, 0.1) is 0 Å². The summed E-state index contributed by atoms with van der Waals surface area (Å²) < 4.78 is 7.68. The van der Waals surface area contributed by atoms with Crippen LogP contribution in [0.4, 0.5) is 5.69 Å². The Balaban J connectivity index is 1.67. The average Bonchev–Trinajstić information content (AvgIpc) is 3.08. The van der Waals surface area contributed by atoms with Crippen molar-refractivity contribution < 1.29 is 9.53 Å². The lowest BCUT2D eigenvalue weighted by Crippen LogP contribution is -2.16. The standard InChI is InChI=1S/C22H18ClN3O2/c1-2-17-21(26-13-12-15(23)14-20(26)24-17)22(27)25-18-10-6-7-11-19(18)28-16-8-4-3-5-9-16/h3-14H,2H2,1H3,(H,25,27). The molecule has 0 aliphatic carbocycles. The number of nitrogens with zero attached hydrogens (tertiary/aromatic N) is 2. The van der Waals surface area contributed by atoms with Crippen molar-refractivity contribution >= 4 is 28.8 Å². The molecule has 1 amide bonds. The van der Waals surface area contributed by atoms with Crippen molar-refractivity contribution in [2.75, 3.05) is 5.32 Å². The van der Waals surface area contributed by atoms with Gasteiger partial charge in [-0.25, -0.2) is 4.98 Å². The van der Waals surface area contributed by atoms with Crippen LogP contribution >= 0.6 is 11.6 Å². The zero-order chi connectivity index (χ0) is 19.5. The van der Waals surface area contributed by atoms with Gasteiger partial charge in [0.05, 0.1) is 11.4 Å². The van der Waals surface area contributed by atoms with Gasteiger partial charge >= 0.3 is 0 Å². The molecular weight excluding hydrogens is 374 g/mol. The lowest BCUT2D eigenvalue weighted by atomic mass is 10.2. The molecule has 2 aromatic carbocycles. The minimum Gasteiger partial charge on any atom is -0.455 e. The smallest absolute Gasteiger partial charge is 0.274 e. The first-order valence-corrected chi connectivity index (χ1v) is 9.33. The molecule has 0 saturated heterocycles. The van der Waals surface area contributed by atoms with Crippen LogP contribution in [-0.4, -0.2) is 15.3 Å². The highest BCUT2D eigenvalue weighted by atomic mass is 35.5. The molecular formula is C22H18ClN3O2. The number of ether oxygens (including phenoxy) is 1. The monoisotopic (exact) mass is 391 g/mol. The van der Waals surface area contributed by atoms with Gasteiger partial charge in [-0.15, -0.1) is 0 Å². The van der Waals surface area contributed by atoms with Gasteiger partial charge in [0.15, 0.2) is 5.75 Å². The Labute approximate surface area is 167 Å². The van der Waals surface area contributed by atoms with Crippen molar-refractivity contribution in [2.24, 2.45) is 0 Å². The molecule has 0 aliphatic rings. The Morgan fingerprint density at radius 1 is 1.11 bits per heavy atom. The van der Waals surface area contributed by atoms with E-state index in [9.17, 15) is 4.79 Å². The van der Waals surface area contributed by atoms with E-state index < -0.39 is 0 Å². The van der Waals surface area contributed by atoms with E-state index in [1.807, 2.05) is 61.5 Å². The van der Waals surface area contributed by atoms with Gasteiger partial charge in [-0.2, -0.15) is 0 Å². The van der Waals surface area contributed by atoms with Crippen LogP contribution in [0.3, 0.4) is 0 Å². The van der Waals surface area contributed by atoms with Crippen molar-refractivity contribution in [2.45, 2.75) is 13.3 Å². The molecule has 0 unspecified atom stereocenters. The van der Waals surface area contributed by atoms with Crippen LogP contribution in [0.5, 0.6) is 11.5 Å². The molecule has 2 aromatic heterocycles. The average molecular weight is 392 g/mol. The number of pyridine rings is 1. The molecule has 0 fully saturated rings. The SMILES string of the molecule is CCc1nc2cc(Cl)ccn2c1C(=O)Nc1ccccc1Oc1ccccc1. The van der Waals surface area contributed by atoms with Gasteiger partial charge in [-0.05, 0) is 36.8 Å². The third kappa shape index (κ3) is 3.57. The molecule has 0 radical (unpaired) electrons. The van der Waals surface area contributed by atoms with Crippen molar-refractivity contribution in [3.63, 3.8) is 0 Å². The van der Waals surface area contributed by atoms with Crippen LogP contribution in [0.25, 0.3) is 5.65 Å².